The number of nitrogens with zero attached hydrogens (tertiary/aromatic N) is 1. The third kappa shape index (κ3) is 3.35. The minimum Gasteiger partial charge on any atom is -0.384 e. The first kappa shape index (κ1) is 14.9. The Bertz CT molecular complexity index is 579. The maximum absolute atomic E-state index is 7.83. The highest BCUT2D eigenvalue weighted by Crippen LogP contribution is 2.29. The Kier molecular flexibility index (Phi) is 5.09. The Labute approximate surface area is 128 Å². The zero-order valence-corrected chi connectivity index (χ0v) is 13.4. The molecule has 0 aliphatic heterocycles. The van der Waals surface area contributed by atoms with Crippen molar-refractivity contribution < 1.29 is 0 Å². The van der Waals surface area contributed by atoms with Crippen molar-refractivity contribution in [2.75, 3.05) is 24.7 Å². The number of likely N-dealkylation sites (N-methyl/N-ethyl adjacent to an activating group) is 1. The van der Waals surface area contributed by atoms with Crippen LogP contribution in [0.5, 0.6) is 0 Å². The minimum atomic E-state index is 0.132. The summed E-state index contributed by atoms with van der Waals surface area (Å²) in [4.78, 5) is 4.61. The minimum absolute atomic E-state index is 0.132. The Balaban J connectivity index is 2.20. The van der Waals surface area contributed by atoms with Gasteiger partial charge < -0.3 is 10.6 Å². The molecule has 0 aliphatic carbocycles. The molecule has 1 heterocycles. The van der Waals surface area contributed by atoms with Crippen molar-refractivity contribution in [3.8, 4) is 0 Å². The van der Waals surface area contributed by atoms with E-state index < -0.39 is 0 Å². The van der Waals surface area contributed by atoms with Gasteiger partial charge in [0.25, 0.3) is 0 Å². The molecule has 2 aromatic rings. The maximum atomic E-state index is 7.83. The number of thioether (sulfide) groups is 1. The van der Waals surface area contributed by atoms with Crippen molar-refractivity contribution in [3.05, 3.63) is 46.2 Å². The van der Waals surface area contributed by atoms with Gasteiger partial charge in [-0.3, -0.25) is 5.41 Å². The molecule has 0 saturated heterocycles. The Morgan fingerprint density at radius 2 is 2.15 bits per heavy atom. The summed E-state index contributed by atoms with van der Waals surface area (Å²) in [5.41, 5.74) is 7.63. The van der Waals surface area contributed by atoms with E-state index in [2.05, 4.69) is 29.5 Å². The van der Waals surface area contributed by atoms with Crippen LogP contribution in [0.3, 0.4) is 0 Å². The molecule has 0 atom stereocenters. The SMILES string of the molecule is CSc1cccc(N(C)CCc2cccs2)c1C(=N)N. The van der Waals surface area contributed by atoms with E-state index in [1.165, 1.54) is 4.88 Å². The van der Waals surface area contributed by atoms with E-state index in [0.717, 1.165) is 29.1 Å². The molecule has 3 N–H and O–H groups in total. The summed E-state index contributed by atoms with van der Waals surface area (Å²) in [6.45, 7) is 0.915. The molecule has 0 aliphatic rings. The molecule has 0 fully saturated rings. The van der Waals surface area contributed by atoms with E-state index in [0.29, 0.717) is 0 Å². The predicted octanol–water partition coefficient (Wildman–Crippen LogP) is 3.43. The molecular formula is C15H19N3S2. The highest BCUT2D eigenvalue weighted by molar-refractivity contribution is 7.98. The second-order valence-electron chi connectivity index (χ2n) is 4.52. The van der Waals surface area contributed by atoms with Crippen LogP contribution in [0.2, 0.25) is 0 Å². The second-order valence-corrected chi connectivity index (χ2v) is 6.40. The van der Waals surface area contributed by atoms with E-state index in [9.17, 15) is 0 Å². The first-order chi connectivity index (χ1) is 9.63. The Hall–Kier alpha value is -1.46. The molecule has 1 aromatic heterocycles. The molecule has 0 amide bonds. The van der Waals surface area contributed by atoms with Gasteiger partial charge in [-0.15, -0.1) is 23.1 Å². The van der Waals surface area contributed by atoms with Crippen LogP contribution >= 0.6 is 23.1 Å². The molecule has 0 radical (unpaired) electrons. The zero-order valence-electron chi connectivity index (χ0n) is 11.7. The Morgan fingerprint density at radius 3 is 2.75 bits per heavy atom. The van der Waals surface area contributed by atoms with Gasteiger partial charge in [-0.25, -0.2) is 0 Å². The summed E-state index contributed by atoms with van der Waals surface area (Å²) in [7, 11) is 2.06. The number of nitrogen functional groups attached to an aromatic ring is 1. The lowest BCUT2D eigenvalue weighted by molar-refractivity contribution is 0.884. The van der Waals surface area contributed by atoms with Gasteiger partial charge >= 0.3 is 0 Å². The maximum Gasteiger partial charge on any atom is 0.126 e. The van der Waals surface area contributed by atoms with Crippen molar-refractivity contribution in [3.63, 3.8) is 0 Å². The lowest BCUT2D eigenvalue weighted by Gasteiger charge is -2.23. The normalized spacial score (nSPS) is 10.5. The van der Waals surface area contributed by atoms with Crippen LogP contribution in [0.25, 0.3) is 0 Å². The van der Waals surface area contributed by atoms with Gasteiger partial charge in [-0.05, 0) is 36.3 Å². The highest BCUT2D eigenvalue weighted by Gasteiger charge is 2.14. The number of nitrogens with one attached hydrogen (secondary N) is 1. The molecule has 0 bridgehead atoms. The largest absolute Gasteiger partial charge is 0.384 e. The fourth-order valence-electron chi connectivity index (χ4n) is 2.13. The van der Waals surface area contributed by atoms with Crippen molar-refractivity contribution >= 4 is 34.6 Å². The first-order valence-corrected chi connectivity index (χ1v) is 8.49. The summed E-state index contributed by atoms with van der Waals surface area (Å²) in [6, 6.07) is 10.3. The van der Waals surface area contributed by atoms with Gasteiger partial charge in [0.1, 0.15) is 5.84 Å². The van der Waals surface area contributed by atoms with Crippen LogP contribution in [0, 0.1) is 5.41 Å². The van der Waals surface area contributed by atoms with Gasteiger partial charge in [-0.2, -0.15) is 0 Å². The molecule has 20 heavy (non-hydrogen) atoms. The van der Waals surface area contributed by atoms with Crippen LogP contribution in [0.4, 0.5) is 5.69 Å². The van der Waals surface area contributed by atoms with Gasteiger partial charge in [0.2, 0.25) is 0 Å². The summed E-state index contributed by atoms with van der Waals surface area (Å²) < 4.78 is 0. The molecule has 1 aromatic carbocycles. The third-order valence-corrected chi connectivity index (χ3v) is 4.89. The van der Waals surface area contributed by atoms with Crippen molar-refractivity contribution in [1.82, 2.24) is 0 Å². The fraction of sp³-hybridized carbons (Fsp3) is 0.267. The van der Waals surface area contributed by atoms with Crippen molar-refractivity contribution in [2.24, 2.45) is 5.73 Å². The van der Waals surface area contributed by atoms with Crippen LogP contribution in [0.15, 0.2) is 40.6 Å². The van der Waals surface area contributed by atoms with E-state index in [1.54, 1.807) is 23.1 Å². The predicted molar refractivity (Wildman–Crippen MR) is 90.5 cm³/mol. The Morgan fingerprint density at radius 1 is 1.35 bits per heavy atom. The summed E-state index contributed by atoms with van der Waals surface area (Å²) in [6.07, 6.45) is 3.02. The molecule has 0 unspecified atom stereocenters. The molecule has 0 spiro atoms. The average Bonchev–Trinajstić information content (AvgIpc) is 2.96. The lowest BCUT2D eigenvalue weighted by atomic mass is 10.1. The summed E-state index contributed by atoms with van der Waals surface area (Å²) >= 11 is 3.41. The lowest BCUT2D eigenvalue weighted by Crippen LogP contribution is -2.24. The number of hydrogen-bond donors (Lipinski definition) is 2. The summed E-state index contributed by atoms with van der Waals surface area (Å²) in [5.74, 6) is 0.132. The molecular weight excluding hydrogens is 286 g/mol. The molecule has 106 valence electrons. The number of rotatable bonds is 6. The fourth-order valence-corrected chi connectivity index (χ4v) is 3.46. The molecule has 5 heteroatoms. The molecule has 2 rings (SSSR count). The number of anilines is 1. The first-order valence-electron chi connectivity index (χ1n) is 6.38. The smallest absolute Gasteiger partial charge is 0.126 e. The van der Waals surface area contributed by atoms with Crippen LogP contribution in [-0.4, -0.2) is 25.7 Å². The number of amidine groups is 1. The number of benzene rings is 1. The van der Waals surface area contributed by atoms with E-state index in [1.807, 2.05) is 24.5 Å². The monoisotopic (exact) mass is 305 g/mol. The van der Waals surface area contributed by atoms with Crippen LogP contribution < -0.4 is 10.6 Å². The van der Waals surface area contributed by atoms with Gasteiger partial charge in [0.15, 0.2) is 0 Å². The van der Waals surface area contributed by atoms with Crippen LogP contribution in [0.1, 0.15) is 10.4 Å². The molecule has 3 nitrogen and oxygen atoms in total. The number of nitrogens with two attached hydrogens (primary N) is 1. The number of thiophene rings is 1. The van der Waals surface area contributed by atoms with Crippen molar-refractivity contribution in [2.45, 2.75) is 11.3 Å². The zero-order chi connectivity index (χ0) is 14.5. The van der Waals surface area contributed by atoms with E-state index in [-0.39, 0.29) is 5.84 Å². The van der Waals surface area contributed by atoms with Gasteiger partial charge in [-0.1, -0.05) is 12.1 Å². The van der Waals surface area contributed by atoms with Gasteiger partial charge in [0, 0.05) is 29.1 Å². The van der Waals surface area contributed by atoms with E-state index >= 15 is 0 Å². The quantitative estimate of drug-likeness (QED) is 0.488. The standard InChI is InChI=1S/C15H19N3S2/c1-18(9-8-11-5-4-10-20-11)12-6-3-7-13(19-2)14(12)15(16)17/h3-7,10H,8-9H2,1-2H3,(H3,16,17). The number of hydrogen-bond acceptors (Lipinski definition) is 4. The third-order valence-electron chi connectivity index (χ3n) is 3.18. The second kappa shape index (κ2) is 6.81. The van der Waals surface area contributed by atoms with Gasteiger partial charge in [0.05, 0.1) is 5.56 Å². The highest BCUT2D eigenvalue weighted by atomic mass is 32.2. The average molecular weight is 305 g/mol. The topological polar surface area (TPSA) is 53.1 Å². The van der Waals surface area contributed by atoms with Crippen molar-refractivity contribution in [1.29, 1.82) is 5.41 Å². The van der Waals surface area contributed by atoms with Crippen LogP contribution in [-0.2, 0) is 6.42 Å². The van der Waals surface area contributed by atoms with E-state index in [4.69, 9.17) is 11.1 Å². The summed E-state index contributed by atoms with van der Waals surface area (Å²) in [5, 5.41) is 9.93. The molecule has 0 saturated carbocycles.